The largest absolute Gasteiger partial charge is 0.383 e. The minimum Gasteiger partial charge on any atom is -0.383 e. The van der Waals surface area contributed by atoms with Gasteiger partial charge in [0.2, 0.25) is 0 Å². The lowest BCUT2D eigenvalue weighted by Crippen LogP contribution is -2.44. The van der Waals surface area contributed by atoms with Crippen molar-refractivity contribution in [3.05, 3.63) is 16.1 Å². The topological polar surface area (TPSA) is 61.8 Å². The van der Waals surface area contributed by atoms with Crippen molar-refractivity contribution >= 4 is 41.3 Å². The van der Waals surface area contributed by atoms with Crippen LogP contribution in [0.4, 0.5) is 0 Å². The Hall–Kier alpha value is -0.450. The van der Waals surface area contributed by atoms with Crippen LogP contribution in [-0.2, 0) is 11.3 Å². The minimum atomic E-state index is 0. The highest BCUT2D eigenvalue weighted by molar-refractivity contribution is 14.0. The summed E-state index contributed by atoms with van der Waals surface area (Å²) in [6.07, 6.45) is 2.42. The van der Waals surface area contributed by atoms with Gasteiger partial charge in [0.05, 0.1) is 17.3 Å². The summed E-state index contributed by atoms with van der Waals surface area (Å²) in [5, 5.41) is 10.1. The zero-order valence-electron chi connectivity index (χ0n) is 16.5. The third-order valence-electron chi connectivity index (χ3n) is 4.41. The third-order valence-corrected chi connectivity index (χ3v) is 5.23. The van der Waals surface area contributed by atoms with E-state index in [2.05, 4.69) is 46.7 Å². The van der Waals surface area contributed by atoms with Crippen molar-refractivity contribution < 1.29 is 4.74 Å². The monoisotopic (exact) mass is 495 g/mol. The molecule has 0 aliphatic carbocycles. The molecule has 150 valence electrons. The van der Waals surface area contributed by atoms with Crippen LogP contribution in [0.25, 0.3) is 0 Å². The van der Waals surface area contributed by atoms with Crippen LogP contribution in [-0.4, -0.2) is 61.8 Å². The third kappa shape index (κ3) is 8.49. The van der Waals surface area contributed by atoms with Crippen molar-refractivity contribution in [1.29, 1.82) is 0 Å². The van der Waals surface area contributed by atoms with Gasteiger partial charge < -0.3 is 15.4 Å². The molecule has 8 heteroatoms. The van der Waals surface area contributed by atoms with Crippen LogP contribution < -0.4 is 10.6 Å². The molecule has 1 atom stereocenters. The normalized spacial score (nSPS) is 17.6. The van der Waals surface area contributed by atoms with E-state index in [4.69, 9.17) is 9.73 Å². The van der Waals surface area contributed by atoms with Crippen molar-refractivity contribution in [3.8, 4) is 0 Å². The second kappa shape index (κ2) is 12.9. The number of hydrogen-bond acceptors (Lipinski definition) is 5. The van der Waals surface area contributed by atoms with Crippen molar-refractivity contribution in [1.82, 2.24) is 20.5 Å². The highest BCUT2D eigenvalue weighted by Crippen LogP contribution is 2.20. The fraction of sp³-hybridized carbons (Fsp3) is 0.778. The van der Waals surface area contributed by atoms with Gasteiger partial charge in [-0.3, -0.25) is 9.89 Å². The lowest BCUT2D eigenvalue weighted by Gasteiger charge is -2.30. The number of nitrogens with one attached hydrogen (secondary N) is 2. The van der Waals surface area contributed by atoms with E-state index in [1.807, 2.05) is 0 Å². The van der Waals surface area contributed by atoms with Crippen LogP contribution >= 0.6 is 35.3 Å². The van der Waals surface area contributed by atoms with E-state index in [0.717, 1.165) is 43.7 Å². The van der Waals surface area contributed by atoms with Crippen LogP contribution in [0.3, 0.4) is 0 Å². The number of halogens is 1. The molecule has 6 nitrogen and oxygen atoms in total. The van der Waals surface area contributed by atoms with Crippen LogP contribution in [0.2, 0.25) is 0 Å². The molecule has 1 aliphatic rings. The number of piperidine rings is 1. The molecule has 0 saturated carbocycles. The number of thiazole rings is 1. The number of ether oxygens (including phenoxy) is 1. The molecule has 2 heterocycles. The molecule has 1 aromatic rings. The Balaban J connectivity index is 0.00000338. The van der Waals surface area contributed by atoms with Gasteiger partial charge in [-0.05, 0) is 52.6 Å². The molecule has 2 rings (SSSR count). The van der Waals surface area contributed by atoms with Gasteiger partial charge in [0.1, 0.15) is 0 Å². The number of aryl methyl sites for hydroxylation is 1. The van der Waals surface area contributed by atoms with E-state index in [0.29, 0.717) is 12.5 Å². The maximum absolute atomic E-state index is 5.18. The van der Waals surface area contributed by atoms with Gasteiger partial charge in [-0.2, -0.15) is 0 Å². The fourth-order valence-electron chi connectivity index (χ4n) is 3.10. The highest BCUT2D eigenvalue weighted by atomic mass is 127. The molecule has 0 bridgehead atoms. The van der Waals surface area contributed by atoms with Gasteiger partial charge in [-0.1, -0.05) is 0 Å². The van der Waals surface area contributed by atoms with Gasteiger partial charge in [-0.25, -0.2) is 4.98 Å². The first-order valence-corrected chi connectivity index (χ1v) is 10.2. The Bertz CT molecular complexity index is 531. The molecule has 1 unspecified atom stereocenters. The maximum Gasteiger partial charge on any atom is 0.191 e. The Labute approximate surface area is 179 Å². The predicted molar refractivity (Wildman–Crippen MR) is 121 cm³/mol. The molecule has 1 fully saturated rings. The van der Waals surface area contributed by atoms with E-state index in [9.17, 15) is 0 Å². The van der Waals surface area contributed by atoms with Crippen molar-refractivity contribution in [2.75, 3.05) is 39.9 Å². The molecule has 0 amide bonds. The molecular weight excluding hydrogens is 461 g/mol. The molecule has 0 spiro atoms. The Morgan fingerprint density at radius 2 is 2.19 bits per heavy atom. The quantitative estimate of drug-likeness (QED) is 0.330. The average molecular weight is 495 g/mol. The summed E-state index contributed by atoms with van der Waals surface area (Å²) in [6.45, 7) is 12.0. The van der Waals surface area contributed by atoms with E-state index in [1.54, 1.807) is 18.4 Å². The maximum atomic E-state index is 5.18. The molecular formula is C18H34IN5OS. The van der Waals surface area contributed by atoms with Crippen LogP contribution in [0, 0.1) is 12.8 Å². The average Bonchev–Trinajstić information content (AvgIpc) is 2.99. The summed E-state index contributed by atoms with van der Waals surface area (Å²) in [5.41, 5.74) is 1.21. The molecule has 2 N–H and O–H groups in total. The first-order valence-electron chi connectivity index (χ1n) is 9.27. The summed E-state index contributed by atoms with van der Waals surface area (Å²) in [7, 11) is 1.73. The number of aromatic nitrogens is 1. The molecule has 1 aromatic heterocycles. The van der Waals surface area contributed by atoms with Crippen LogP contribution in [0.1, 0.15) is 37.4 Å². The summed E-state index contributed by atoms with van der Waals surface area (Å²) >= 11 is 1.74. The second-order valence-electron chi connectivity index (χ2n) is 6.80. The summed E-state index contributed by atoms with van der Waals surface area (Å²) in [5.74, 6) is 1.56. The van der Waals surface area contributed by atoms with Gasteiger partial charge in [-0.15, -0.1) is 35.3 Å². The van der Waals surface area contributed by atoms with E-state index >= 15 is 0 Å². The lowest BCUT2D eigenvalue weighted by molar-refractivity contribution is 0.177. The molecule has 1 aliphatic heterocycles. The molecule has 0 aromatic carbocycles. The summed E-state index contributed by atoms with van der Waals surface area (Å²) < 4.78 is 5.18. The number of guanidine groups is 1. The van der Waals surface area contributed by atoms with Gasteiger partial charge >= 0.3 is 0 Å². The standard InChI is InChI=1S/C18H33N5OS.HI/c1-5-19-18(21-14(2)12-24-4)20-10-16-6-8-23(9-7-16)11-17-13-25-15(3)22-17;/h13-14,16H,5-12H2,1-4H3,(H2,19,20,21);1H. The van der Waals surface area contributed by atoms with Crippen LogP contribution in [0.15, 0.2) is 10.4 Å². The predicted octanol–water partition coefficient (Wildman–Crippen LogP) is 2.87. The van der Waals surface area contributed by atoms with Crippen molar-refractivity contribution in [3.63, 3.8) is 0 Å². The second-order valence-corrected chi connectivity index (χ2v) is 7.86. The highest BCUT2D eigenvalue weighted by Gasteiger charge is 2.20. The number of nitrogens with zero attached hydrogens (tertiary/aromatic N) is 3. The number of rotatable bonds is 8. The smallest absolute Gasteiger partial charge is 0.191 e. The Morgan fingerprint density at radius 1 is 1.46 bits per heavy atom. The van der Waals surface area contributed by atoms with Gasteiger partial charge in [0.15, 0.2) is 5.96 Å². The van der Waals surface area contributed by atoms with Crippen molar-refractivity contribution in [2.45, 2.75) is 46.2 Å². The summed E-state index contributed by atoms with van der Waals surface area (Å²) in [6, 6.07) is 0.256. The Morgan fingerprint density at radius 3 is 2.77 bits per heavy atom. The fourth-order valence-corrected chi connectivity index (χ4v) is 3.71. The van der Waals surface area contributed by atoms with Crippen molar-refractivity contribution in [2.24, 2.45) is 10.9 Å². The number of likely N-dealkylation sites (tertiary alicyclic amines) is 1. The zero-order valence-corrected chi connectivity index (χ0v) is 19.6. The van der Waals surface area contributed by atoms with E-state index in [1.165, 1.54) is 18.5 Å². The zero-order chi connectivity index (χ0) is 18.1. The SMILES string of the molecule is CCNC(=NCC1CCN(Cc2csc(C)n2)CC1)NC(C)COC.I. The molecule has 0 radical (unpaired) electrons. The first kappa shape index (κ1) is 23.6. The number of aliphatic imine (C=N–C) groups is 1. The lowest BCUT2D eigenvalue weighted by atomic mass is 9.97. The van der Waals surface area contributed by atoms with Gasteiger partial charge in [0.25, 0.3) is 0 Å². The van der Waals surface area contributed by atoms with E-state index in [-0.39, 0.29) is 30.0 Å². The first-order chi connectivity index (χ1) is 12.1. The molecule has 1 saturated heterocycles. The Kier molecular flexibility index (Phi) is 11.7. The van der Waals surface area contributed by atoms with Gasteiger partial charge in [0, 0.05) is 38.2 Å². The number of hydrogen-bond donors (Lipinski definition) is 2. The molecule has 26 heavy (non-hydrogen) atoms. The van der Waals surface area contributed by atoms with Crippen LogP contribution in [0.5, 0.6) is 0 Å². The summed E-state index contributed by atoms with van der Waals surface area (Å²) in [4.78, 5) is 11.9. The van der Waals surface area contributed by atoms with E-state index < -0.39 is 0 Å². The minimum absolute atomic E-state index is 0. The number of methoxy groups -OCH3 is 1.